The van der Waals surface area contributed by atoms with Crippen LogP contribution in [0.2, 0.25) is 0 Å². The molecule has 0 aliphatic carbocycles. The number of carbonyl (C=O) groups is 2. The summed E-state index contributed by atoms with van der Waals surface area (Å²) in [5.41, 5.74) is 0.959. The Morgan fingerprint density at radius 2 is 1.74 bits per heavy atom. The molecule has 0 saturated carbocycles. The molecule has 2 heterocycles. The average Bonchev–Trinajstić information content (AvgIpc) is 3.02. The number of rotatable bonds is 8. The van der Waals surface area contributed by atoms with Crippen molar-refractivity contribution in [3.8, 4) is 11.5 Å². The highest BCUT2D eigenvalue weighted by atomic mass is 19.1. The molecule has 0 radical (unpaired) electrons. The van der Waals surface area contributed by atoms with Gasteiger partial charge in [0.05, 0.1) is 49.9 Å². The summed E-state index contributed by atoms with van der Waals surface area (Å²) in [6.45, 7) is 3.41. The molecule has 12 heteroatoms. The van der Waals surface area contributed by atoms with Crippen LogP contribution in [0.25, 0.3) is 10.9 Å². The molecule has 1 unspecified atom stereocenters. The van der Waals surface area contributed by atoms with Crippen LogP contribution < -0.4 is 30.3 Å². The minimum atomic E-state index is -0.811. The number of piperazine rings is 1. The summed E-state index contributed by atoms with van der Waals surface area (Å²) in [6.07, 6.45) is 0.791. The topological polar surface area (TPSA) is 109 Å². The van der Waals surface area contributed by atoms with E-state index in [1.807, 2.05) is 5.01 Å². The van der Waals surface area contributed by atoms with Crippen LogP contribution in [-0.2, 0) is 4.79 Å². The second-order valence-corrected chi connectivity index (χ2v) is 9.72. The van der Waals surface area contributed by atoms with Crippen molar-refractivity contribution in [1.29, 1.82) is 0 Å². The lowest BCUT2D eigenvalue weighted by Crippen LogP contribution is -2.55. The molecule has 1 fully saturated rings. The number of halogens is 1. The second kappa shape index (κ2) is 12.2. The van der Waals surface area contributed by atoms with Crippen LogP contribution in [0.4, 0.5) is 20.6 Å². The van der Waals surface area contributed by atoms with E-state index in [4.69, 9.17) is 14.5 Å². The summed E-state index contributed by atoms with van der Waals surface area (Å²) in [7, 11) is 3.01. The molecule has 1 aliphatic rings. The van der Waals surface area contributed by atoms with E-state index in [-0.39, 0.29) is 5.56 Å². The summed E-state index contributed by atoms with van der Waals surface area (Å²) in [5.74, 6) is 0.750. The third kappa shape index (κ3) is 5.55. The highest BCUT2D eigenvalue weighted by Gasteiger charge is 2.32. The first-order chi connectivity index (χ1) is 20.3. The van der Waals surface area contributed by atoms with E-state index in [0.717, 1.165) is 6.41 Å². The minimum absolute atomic E-state index is 0.289. The molecule has 1 aliphatic heterocycles. The lowest BCUT2D eigenvalue weighted by atomic mass is 10.1. The van der Waals surface area contributed by atoms with Crippen molar-refractivity contribution < 1.29 is 23.5 Å². The predicted octanol–water partition coefficient (Wildman–Crippen LogP) is 3.76. The fourth-order valence-electron chi connectivity index (χ4n) is 5.01. The van der Waals surface area contributed by atoms with Crippen molar-refractivity contribution >= 4 is 34.7 Å². The Kier molecular flexibility index (Phi) is 8.23. The Bertz CT molecular complexity index is 1650. The van der Waals surface area contributed by atoms with Gasteiger partial charge in [0.2, 0.25) is 6.41 Å². The number of para-hydroxylation sites is 1. The zero-order valence-electron chi connectivity index (χ0n) is 23.5. The quantitative estimate of drug-likeness (QED) is 0.319. The number of ether oxygens (including phenoxy) is 2. The third-order valence-corrected chi connectivity index (χ3v) is 7.22. The number of benzene rings is 3. The summed E-state index contributed by atoms with van der Waals surface area (Å²) >= 11 is 0. The SMILES string of the molecule is COc1ccc(N(C(=O)Nc2ccc(F)cc2)C(C)c2nc3ccccc3c(=O)n2N2CCN(C=O)CC2)c(OC)c1. The van der Waals surface area contributed by atoms with Gasteiger partial charge in [0, 0.05) is 24.8 Å². The maximum absolute atomic E-state index is 14.0. The van der Waals surface area contributed by atoms with Crippen LogP contribution >= 0.6 is 0 Å². The summed E-state index contributed by atoms with van der Waals surface area (Å²) in [5, 5.41) is 5.09. The molecule has 1 aromatic heterocycles. The Morgan fingerprint density at radius 1 is 1.02 bits per heavy atom. The van der Waals surface area contributed by atoms with Gasteiger partial charge in [0.15, 0.2) is 5.82 Å². The van der Waals surface area contributed by atoms with Gasteiger partial charge >= 0.3 is 6.03 Å². The van der Waals surface area contributed by atoms with Crippen molar-refractivity contribution in [2.75, 3.05) is 55.6 Å². The first kappa shape index (κ1) is 28.4. The number of nitrogens with zero attached hydrogens (tertiary/aromatic N) is 5. The standard InChI is InChI=1S/C30H31FN6O5/c1-20(28-33-25-7-5-4-6-24(25)29(39)37(28)35-16-14-34(19-38)15-17-35)36(26-13-12-23(41-2)18-27(26)42-3)30(40)32-22-10-8-21(31)9-11-22/h4-13,18-20H,14-17H2,1-3H3,(H,32,40). The largest absolute Gasteiger partial charge is 0.497 e. The number of methoxy groups -OCH3 is 2. The maximum atomic E-state index is 14.0. The lowest BCUT2D eigenvalue weighted by molar-refractivity contribution is -0.118. The van der Waals surface area contributed by atoms with Crippen molar-refractivity contribution in [3.63, 3.8) is 0 Å². The molecule has 4 aromatic rings. The number of fused-ring (bicyclic) bond motifs is 1. The molecular formula is C30H31FN6O5. The molecule has 218 valence electrons. The molecular weight excluding hydrogens is 543 g/mol. The Hall–Kier alpha value is -5.13. The third-order valence-electron chi connectivity index (χ3n) is 7.22. The lowest BCUT2D eigenvalue weighted by Gasteiger charge is -2.38. The van der Waals surface area contributed by atoms with Crippen molar-refractivity contribution in [3.05, 3.63) is 88.7 Å². The van der Waals surface area contributed by atoms with E-state index < -0.39 is 17.9 Å². The minimum Gasteiger partial charge on any atom is -0.497 e. The van der Waals surface area contributed by atoms with Gasteiger partial charge in [-0.3, -0.25) is 14.5 Å². The predicted molar refractivity (Wildman–Crippen MR) is 157 cm³/mol. The Labute approximate surface area is 241 Å². The number of urea groups is 1. The number of hydrogen-bond acceptors (Lipinski definition) is 7. The van der Waals surface area contributed by atoms with E-state index in [1.165, 1.54) is 48.1 Å². The first-order valence-electron chi connectivity index (χ1n) is 13.4. The van der Waals surface area contributed by atoms with Gasteiger partial charge in [-0.15, -0.1) is 0 Å². The van der Waals surface area contributed by atoms with Gasteiger partial charge in [-0.2, -0.15) is 0 Å². The molecule has 0 spiro atoms. The van der Waals surface area contributed by atoms with Gasteiger partial charge < -0.3 is 24.7 Å². The van der Waals surface area contributed by atoms with Crippen molar-refractivity contribution in [2.45, 2.75) is 13.0 Å². The molecule has 11 nitrogen and oxygen atoms in total. The molecule has 42 heavy (non-hydrogen) atoms. The molecule has 1 atom stereocenters. The summed E-state index contributed by atoms with van der Waals surface area (Å²) < 4.78 is 26.1. The van der Waals surface area contributed by atoms with Crippen molar-refractivity contribution in [2.24, 2.45) is 0 Å². The normalized spacial score (nSPS) is 13.9. The van der Waals surface area contributed by atoms with Crippen LogP contribution in [0.3, 0.4) is 0 Å². The number of anilines is 2. The van der Waals surface area contributed by atoms with Gasteiger partial charge in [0.1, 0.15) is 17.3 Å². The van der Waals surface area contributed by atoms with E-state index in [1.54, 1.807) is 54.3 Å². The monoisotopic (exact) mass is 574 g/mol. The molecule has 0 bridgehead atoms. The number of amides is 3. The zero-order valence-corrected chi connectivity index (χ0v) is 23.5. The Morgan fingerprint density at radius 3 is 2.40 bits per heavy atom. The number of nitrogens with one attached hydrogen (secondary N) is 1. The van der Waals surface area contributed by atoms with Gasteiger partial charge in [-0.25, -0.2) is 18.8 Å². The summed E-state index contributed by atoms with van der Waals surface area (Å²) in [4.78, 5) is 47.3. The van der Waals surface area contributed by atoms with Crippen LogP contribution in [0.1, 0.15) is 18.8 Å². The second-order valence-electron chi connectivity index (χ2n) is 9.72. The van der Waals surface area contributed by atoms with Crippen LogP contribution in [0.15, 0.2) is 71.5 Å². The highest BCUT2D eigenvalue weighted by molar-refractivity contribution is 6.03. The van der Waals surface area contributed by atoms with Gasteiger partial charge in [0.25, 0.3) is 5.56 Å². The van der Waals surface area contributed by atoms with E-state index in [2.05, 4.69) is 5.32 Å². The fourth-order valence-corrected chi connectivity index (χ4v) is 5.01. The maximum Gasteiger partial charge on any atom is 0.327 e. The number of aromatic nitrogens is 2. The molecule has 1 N–H and O–H groups in total. The highest BCUT2D eigenvalue weighted by Crippen LogP contribution is 2.37. The molecule has 3 amide bonds. The zero-order chi connectivity index (χ0) is 29.8. The first-order valence-corrected chi connectivity index (χ1v) is 13.4. The van der Waals surface area contributed by atoms with Crippen LogP contribution in [0, 0.1) is 5.82 Å². The smallest absolute Gasteiger partial charge is 0.327 e. The molecule has 5 rings (SSSR count). The van der Waals surface area contributed by atoms with E-state index in [0.29, 0.717) is 65.8 Å². The Balaban J connectivity index is 1.66. The van der Waals surface area contributed by atoms with Crippen molar-refractivity contribution in [1.82, 2.24) is 14.6 Å². The number of carbonyl (C=O) groups excluding carboxylic acids is 2. The van der Waals surface area contributed by atoms with E-state index >= 15 is 0 Å². The van der Waals surface area contributed by atoms with Gasteiger partial charge in [-0.1, -0.05) is 12.1 Å². The molecule has 1 saturated heterocycles. The van der Waals surface area contributed by atoms with Crippen LogP contribution in [-0.4, -0.2) is 67.4 Å². The van der Waals surface area contributed by atoms with Crippen LogP contribution in [0.5, 0.6) is 11.5 Å². The number of hydrogen-bond donors (Lipinski definition) is 1. The summed E-state index contributed by atoms with van der Waals surface area (Å²) in [6, 6.07) is 16.1. The van der Waals surface area contributed by atoms with E-state index in [9.17, 15) is 18.8 Å². The average molecular weight is 575 g/mol. The van der Waals surface area contributed by atoms with Gasteiger partial charge in [-0.05, 0) is 55.5 Å². The fraction of sp³-hybridized carbons (Fsp3) is 0.267. The molecule has 3 aromatic carbocycles.